The van der Waals surface area contributed by atoms with E-state index >= 15 is 0 Å². The lowest BCUT2D eigenvalue weighted by molar-refractivity contribution is 0.559. The summed E-state index contributed by atoms with van der Waals surface area (Å²) in [5, 5.41) is 0. The molecule has 0 saturated carbocycles. The molecule has 0 atom stereocenters. The molecule has 0 rings (SSSR count). The topological polar surface area (TPSA) is 81.7 Å². The van der Waals surface area contributed by atoms with Gasteiger partial charge in [0.15, 0.2) is 0 Å². The summed E-state index contributed by atoms with van der Waals surface area (Å²) < 4.78 is 25.3. The molecule has 0 aromatic rings. The van der Waals surface area contributed by atoms with Gasteiger partial charge in [0, 0.05) is 6.15 Å². The van der Waals surface area contributed by atoms with Gasteiger partial charge >= 0.3 is 10.6 Å². The summed E-state index contributed by atoms with van der Waals surface area (Å²) in [4.78, 5) is 0. The van der Waals surface area contributed by atoms with Crippen LogP contribution in [0.2, 0.25) is 0 Å². The smallest absolute Gasteiger partial charge is 0.142 e. The molecule has 0 N–H and O–H groups in total. The largest absolute Gasteiger partial charge is 0.425 e. The first-order chi connectivity index (χ1) is 1.73. The molecule has 0 saturated heterocycles. The molecular formula is NO3S. The summed E-state index contributed by atoms with van der Waals surface area (Å²) >= 11 is 0. The maximum atomic E-state index is 8.44. The van der Waals surface area contributed by atoms with E-state index in [2.05, 4.69) is 0 Å². The molecule has 4 nitrogen and oxygen atoms in total. The average Bonchev–Trinajstić information content (AvgIpc) is 0.811. The fourth-order valence-corrected chi connectivity index (χ4v) is 0. The summed E-state index contributed by atoms with van der Waals surface area (Å²) in [5.74, 6) is 0. The molecule has 0 aliphatic rings. The summed E-state index contributed by atoms with van der Waals surface area (Å²) in [6.45, 7) is 0. The second-order valence-electron chi connectivity index (χ2n) is 0.204. The zero-order valence-electron chi connectivity index (χ0n) is 2.08. The first kappa shape index (κ1) is 8.82. The Hall–Kier alpha value is -0.420. The summed E-state index contributed by atoms with van der Waals surface area (Å²) in [6, 6.07) is 0. The highest BCUT2D eigenvalue weighted by atomic mass is 32.2. The highest BCUT2D eigenvalue weighted by molar-refractivity contribution is 7.59. The third-order valence-electron chi connectivity index (χ3n) is 0. The number of hydrogen-bond acceptors (Lipinski definition) is 3. The molecule has 0 heterocycles. The molecule has 0 aromatic carbocycles. The van der Waals surface area contributed by atoms with Gasteiger partial charge < -0.3 is 0 Å². The molecule has 0 spiro atoms. The summed E-state index contributed by atoms with van der Waals surface area (Å²) in [5.41, 5.74) is 0. The molecule has 29 valence electrons. The zero-order valence-corrected chi connectivity index (χ0v) is 2.90. The Balaban J connectivity index is 0. The van der Waals surface area contributed by atoms with Crippen LogP contribution in [0.4, 0.5) is 0 Å². The molecular weight excluding hydrogens is 94.1 g/mol. The van der Waals surface area contributed by atoms with Gasteiger partial charge in [0.1, 0.15) is 0 Å². The van der Waals surface area contributed by atoms with Crippen molar-refractivity contribution >= 4 is 10.6 Å². The van der Waals surface area contributed by atoms with Crippen LogP contribution in [0.5, 0.6) is 0 Å². The van der Waals surface area contributed by atoms with Crippen LogP contribution in [0.25, 0.3) is 0 Å². The minimum atomic E-state index is -3.11. The Labute approximate surface area is 30.5 Å². The predicted molar refractivity (Wildman–Crippen MR) is 11.8 cm³/mol. The van der Waals surface area contributed by atoms with E-state index in [0.29, 0.717) is 0 Å². The lowest BCUT2D eigenvalue weighted by atomic mass is 14.0. The van der Waals surface area contributed by atoms with Crippen LogP contribution < -0.4 is 6.15 Å². The van der Waals surface area contributed by atoms with Crippen LogP contribution in [0, 0.1) is 0 Å². The van der Waals surface area contributed by atoms with Gasteiger partial charge in [0.25, 0.3) is 0 Å². The van der Waals surface area contributed by atoms with Crippen molar-refractivity contribution in [3.8, 4) is 0 Å². The highest BCUT2D eigenvalue weighted by Crippen LogP contribution is 1.07. The molecule has 0 amide bonds. The van der Waals surface area contributed by atoms with E-state index in [1.165, 1.54) is 0 Å². The van der Waals surface area contributed by atoms with E-state index in [4.69, 9.17) is 12.6 Å². The van der Waals surface area contributed by atoms with Crippen LogP contribution >= 0.6 is 0 Å². The van der Waals surface area contributed by atoms with E-state index in [1.807, 2.05) is 0 Å². The van der Waals surface area contributed by atoms with Gasteiger partial charge in [-0.1, -0.05) is 0 Å². The van der Waals surface area contributed by atoms with Crippen molar-refractivity contribution in [1.82, 2.24) is 6.15 Å². The third-order valence-corrected chi connectivity index (χ3v) is 0. The number of nitrogens with zero attached hydrogens (tertiary/aromatic N) is 1. The number of rotatable bonds is 0. The van der Waals surface area contributed by atoms with Crippen molar-refractivity contribution in [1.29, 1.82) is 0 Å². The predicted octanol–water partition coefficient (Wildman–Crippen LogP) is -1.48. The first-order valence-corrected chi connectivity index (χ1v) is 1.50. The molecule has 0 unspecified atom stereocenters. The quantitative estimate of drug-likeness (QED) is 0.367. The van der Waals surface area contributed by atoms with Gasteiger partial charge in [0.2, 0.25) is 0 Å². The normalized spacial score (nSPS) is 4.80. The molecule has 0 bridgehead atoms. The molecule has 0 aliphatic heterocycles. The Kier molecular flexibility index (Phi) is 6.31. The lowest BCUT2D eigenvalue weighted by Crippen LogP contribution is -1.40. The van der Waals surface area contributed by atoms with Crippen LogP contribution in [0.15, 0.2) is 0 Å². The molecule has 5 heteroatoms. The van der Waals surface area contributed by atoms with E-state index in [0.717, 1.165) is 0 Å². The average molecular weight is 94.1 g/mol. The summed E-state index contributed by atoms with van der Waals surface area (Å²) in [6.07, 6.45) is 0. The fraction of sp³-hybridized carbons (Fsp3) is 0. The van der Waals surface area contributed by atoms with Gasteiger partial charge in [-0.05, 0) is 0 Å². The third kappa shape index (κ3) is 50.7. The maximum Gasteiger partial charge on any atom is 0.425 e. The fourth-order valence-electron chi connectivity index (χ4n) is 0. The van der Waals surface area contributed by atoms with E-state index in [9.17, 15) is 0 Å². The van der Waals surface area contributed by atoms with Crippen molar-refractivity contribution in [2.24, 2.45) is 0 Å². The van der Waals surface area contributed by atoms with Crippen molar-refractivity contribution in [2.75, 3.05) is 0 Å². The Morgan fingerprint density at radius 2 is 1.00 bits per heavy atom. The molecule has 0 aromatic heterocycles. The monoisotopic (exact) mass is 94.0 g/mol. The molecule has 0 aliphatic carbocycles. The Morgan fingerprint density at radius 1 is 1.00 bits per heavy atom. The molecule has 5 heavy (non-hydrogen) atoms. The lowest BCUT2D eigenvalue weighted by Gasteiger charge is -1.11. The second kappa shape index (κ2) is 3.58. The van der Waals surface area contributed by atoms with Crippen LogP contribution in [0.1, 0.15) is 0 Å². The van der Waals surface area contributed by atoms with Gasteiger partial charge in [-0.25, -0.2) is 0 Å². The first-order valence-electron chi connectivity index (χ1n) is 0.500. The maximum absolute atomic E-state index is 8.44. The van der Waals surface area contributed by atoms with Gasteiger partial charge in [-0.3, -0.25) is 0 Å². The van der Waals surface area contributed by atoms with E-state index < -0.39 is 10.6 Å². The van der Waals surface area contributed by atoms with Crippen molar-refractivity contribution in [2.45, 2.75) is 0 Å². The highest BCUT2D eigenvalue weighted by Gasteiger charge is 1.40. The van der Waals surface area contributed by atoms with Crippen molar-refractivity contribution in [3.05, 3.63) is 0 Å². The minimum Gasteiger partial charge on any atom is -0.142 e. The zero-order chi connectivity index (χ0) is 3.58. The van der Waals surface area contributed by atoms with Crippen LogP contribution in [-0.2, 0) is 10.6 Å². The summed E-state index contributed by atoms with van der Waals surface area (Å²) in [7, 11) is -3.11. The molecule has 0 fully saturated rings. The Morgan fingerprint density at radius 3 is 1.00 bits per heavy atom. The van der Waals surface area contributed by atoms with Gasteiger partial charge in [-0.2, -0.15) is 0 Å². The van der Waals surface area contributed by atoms with Crippen LogP contribution in [-0.4, -0.2) is 12.6 Å². The van der Waals surface area contributed by atoms with E-state index in [1.54, 1.807) is 0 Å². The Bertz CT molecular complexity index is 76.3. The molecule has 3 radical (unpaired) electrons. The SMILES string of the molecule is O=S(=O)=O.[N]. The van der Waals surface area contributed by atoms with Gasteiger partial charge in [0.05, 0.1) is 0 Å². The van der Waals surface area contributed by atoms with Crippen molar-refractivity contribution in [3.63, 3.8) is 0 Å². The number of hydrogen-bond donors (Lipinski definition) is 0. The van der Waals surface area contributed by atoms with Crippen molar-refractivity contribution < 1.29 is 12.6 Å². The second-order valence-corrected chi connectivity index (χ2v) is 0.612. The standard InChI is InChI=1S/N.O3S/c;1-4(2)3. The van der Waals surface area contributed by atoms with E-state index in [-0.39, 0.29) is 6.15 Å². The minimum absolute atomic E-state index is 0. The van der Waals surface area contributed by atoms with Gasteiger partial charge in [-0.15, -0.1) is 12.6 Å². The van der Waals surface area contributed by atoms with Crippen LogP contribution in [0.3, 0.4) is 0 Å².